The van der Waals surface area contributed by atoms with Gasteiger partial charge in [-0.3, -0.25) is 0 Å². The van der Waals surface area contributed by atoms with Crippen molar-refractivity contribution in [3.05, 3.63) is 42.1 Å². The highest BCUT2D eigenvalue weighted by Crippen LogP contribution is 2.19. The van der Waals surface area contributed by atoms with Crippen molar-refractivity contribution in [2.75, 3.05) is 19.0 Å². The molecule has 0 aliphatic rings. The van der Waals surface area contributed by atoms with Crippen LogP contribution in [0.5, 0.6) is 0 Å². The summed E-state index contributed by atoms with van der Waals surface area (Å²) in [5.41, 5.74) is 1.20. The number of ether oxygens (including phenoxy) is 1. The molecule has 3 aromatic heterocycles. The van der Waals surface area contributed by atoms with Gasteiger partial charge in [0.05, 0.1) is 30.3 Å². The lowest BCUT2D eigenvalue weighted by atomic mass is 10.3. The van der Waals surface area contributed by atoms with E-state index in [0.29, 0.717) is 29.5 Å². The number of hydrogen-bond acceptors (Lipinski definition) is 8. The summed E-state index contributed by atoms with van der Waals surface area (Å²) in [5, 5.41) is 17.2. The Kier molecular flexibility index (Phi) is 4.56. The molecule has 3 aromatic rings. The molecule has 0 saturated heterocycles. The Morgan fingerprint density at radius 3 is 3.22 bits per heavy atom. The molecule has 8 nitrogen and oxygen atoms in total. The number of pyridine rings is 1. The van der Waals surface area contributed by atoms with Crippen molar-refractivity contribution in [1.29, 1.82) is 5.26 Å². The molecule has 0 aromatic carbocycles. The topological polar surface area (TPSA) is 102 Å². The number of nitrogens with one attached hydrogen (secondary N) is 1. The van der Waals surface area contributed by atoms with Crippen molar-refractivity contribution in [3.63, 3.8) is 0 Å². The van der Waals surface area contributed by atoms with Crippen molar-refractivity contribution in [2.45, 2.75) is 6.42 Å². The molecule has 9 heteroatoms. The van der Waals surface area contributed by atoms with E-state index in [1.165, 1.54) is 11.5 Å². The van der Waals surface area contributed by atoms with Crippen LogP contribution in [0.25, 0.3) is 5.82 Å². The van der Waals surface area contributed by atoms with E-state index in [4.69, 9.17) is 10.00 Å². The number of nitriles is 1. The van der Waals surface area contributed by atoms with E-state index < -0.39 is 0 Å². The van der Waals surface area contributed by atoms with Crippen LogP contribution in [0, 0.1) is 11.3 Å². The highest BCUT2D eigenvalue weighted by molar-refractivity contribution is 7.09. The summed E-state index contributed by atoms with van der Waals surface area (Å²) in [7, 11) is 1.65. The summed E-state index contributed by atoms with van der Waals surface area (Å²) in [4.78, 5) is 8.56. The van der Waals surface area contributed by atoms with Crippen LogP contribution in [0.3, 0.4) is 0 Å². The van der Waals surface area contributed by atoms with E-state index in [9.17, 15) is 0 Å². The number of aromatic nitrogens is 5. The number of rotatable bonds is 6. The zero-order valence-electron chi connectivity index (χ0n) is 12.3. The minimum Gasteiger partial charge on any atom is -0.384 e. The first kappa shape index (κ1) is 15.1. The summed E-state index contributed by atoms with van der Waals surface area (Å²) in [6.45, 7) is 0.588. The normalized spacial score (nSPS) is 10.4. The van der Waals surface area contributed by atoms with Gasteiger partial charge in [0.25, 0.3) is 0 Å². The van der Waals surface area contributed by atoms with E-state index in [-0.39, 0.29) is 0 Å². The zero-order chi connectivity index (χ0) is 16.1. The van der Waals surface area contributed by atoms with Gasteiger partial charge in [-0.25, -0.2) is 14.6 Å². The number of methoxy groups -OCH3 is 1. The van der Waals surface area contributed by atoms with Gasteiger partial charge in [-0.2, -0.15) is 14.7 Å². The Bertz CT molecular complexity index is 836. The molecule has 0 amide bonds. The Morgan fingerprint density at radius 1 is 1.48 bits per heavy atom. The van der Waals surface area contributed by atoms with Gasteiger partial charge in [0.1, 0.15) is 11.9 Å². The Balaban J connectivity index is 1.75. The van der Waals surface area contributed by atoms with Crippen LogP contribution in [-0.4, -0.2) is 37.8 Å². The largest absolute Gasteiger partial charge is 0.384 e. The van der Waals surface area contributed by atoms with Crippen LogP contribution in [0.2, 0.25) is 0 Å². The van der Waals surface area contributed by atoms with Crippen LogP contribution in [0.4, 0.5) is 10.8 Å². The van der Waals surface area contributed by atoms with Crippen LogP contribution in [0.1, 0.15) is 11.4 Å². The van der Waals surface area contributed by atoms with Gasteiger partial charge in [-0.1, -0.05) is 0 Å². The highest BCUT2D eigenvalue weighted by Gasteiger charge is 2.09. The molecule has 0 bridgehead atoms. The Labute approximate surface area is 136 Å². The standard InChI is InChI=1S/C14H13N7OS/c1-22-6-4-12-19-14(23-20-12)18-11-8-17-21(9-11)13-10(7-15)3-2-5-16-13/h2-3,5,8-9H,4,6H2,1H3,(H,18,19,20). The first-order valence-electron chi connectivity index (χ1n) is 6.79. The average Bonchev–Trinajstić information content (AvgIpc) is 3.23. The number of anilines is 2. The Hall–Kier alpha value is -2.83. The van der Waals surface area contributed by atoms with Crippen LogP contribution >= 0.6 is 11.5 Å². The van der Waals surface area contributed by atoms with Gasteiger partial charge >= 0.3 is 0 Å². The smallest absolute Gasteiger partial charge is 0.207 e. The van der Waals surface area contributed by atoms with E-state index in [0.717, 1.165) is 11.5 Å². The van der Waals surface area contributed by atoms with E-state index in [1.807, 2.05) is 0 Å². The summed E-state index contributed by atoms with van der Waals surface area (Å²) in [6, 6.07) is 5.51. The summed E-state index contributed by atoms with van der Waals surface area (Å²) >= 11 is 1.27. The third-order valence-corrected chi connectivity index (χ3v) is 3.62. The molecule has 0 atom stereocenters. The maximum Gasteiger partial charge on any atom is 0.207 e. The van der Waals surface area contributed by atoms with Crippen LogP contribution < -0.4 is 5.32 Å². The highest BCUT2D eigenvalue weighted by atomic mass is 32.1. The van der Waals surface area contributed by atoms with Gasteiger partial charge in [-0.15, -0.1) is 0 Å². The SMILES string of the molecule is COCCc1nsc(Nc2cnn(-c3ncccc3C#N)c2)n1. The molecule has 0 aliphatic heterocycles. The number of hydrogen-bond donors (Lipinski definition) is 1. The summed E-state index contributed by atoms with van der Waals surface area (Å²) in [6.07, 6.45) is 5.69. The van der Waals surface area contributed by atoms with Gasteiger partial charge < -0.3 is 10.1 Å². The quantitative estimate of drug-likeness (QED) is 0.738. The number of nitrogens with zero attached hydrogens (tertiary/aromatic N) is 6. The molecule has 0 aliphatic carbocycles. The monoisotopic (exact) mass is 327 g/mol. The maximum absolute atomic E-state index is 9.12. The molecular formula is C14H13N7OS. The molecule has 23 heavy (non-hydrogen) atoms. The van der Waals surface area contributed by atoms with Gasteiger partial charge in [0.2, 0.25) is 5.13 Å². The maximum atomic E-state index is 9.12. The predicted octanol–water partition coefficient (Wildman–Crippen LogP) is 1.92. The predicted molar refractivity (Wildman–Crippen MR) is 84.8 cm³/mol. The first-order chi connectivity index (χ1) is 11.3. The lowest BCUT2D eigenvalue weighted by molar-refractivity contribution is 0.201. The second kappa shape index (κ2) is 6.95. The van der Waals surface area contributed by atoms with Crippen molar-refractivity contribution in [1.82, 2.24) is 24.1 Å². The molecule has 3 rings (SSSR count). The molecule has 1 N–H and O–H groups in total. The fourth-order valence-corrected chi connectivity index (χ4v) is 2.53. The van der Waals surface area contributed by atoms with Gasteiger partial charge in [-0.05, 0) is 12.1 Å². The lowest BCUT2D eigenvalue weighted by Crippen LogP contribution is -2.00. The Morgan fingerprint density at radius 2 is 2.39 bits per heavy atom. The fourth-order valence-electron chi connectivity index (χ4n) is 1.89. The van der Waals surface area contributed by atoms with E-state index in [2.05, 4.69) is 30.8 Å². The van der Waals surface area contributed by atoms with E-state index in [1.54, 1.807) is 42.5 Å². The average molecular weight is 327 g/mol. The zero-order valence-corrected chi connectivity index (χ0v) is 13.1. The van der Waals surface area contributed by atoms with Crippen molar-refractivity contribution < 1.29 is 4.74 Å². The molecule has 0 unspecified atom stereocenters. The van der Waals surface area contributed by atoms with E-state index >= 15 is 0 Å². The summed E-state index contributed by atoms with van der Waals surface area (Å²) < 4.78 is 10.8. The molecule has 3 heterocycles. The third kappa shape index (κ3) is 3.50. The molecule has 0 spiro atoms. The van der Waals surface area contributed by atoms with Crippen LogP contribution in [0.15, 0.2) is 30.7 Å². The minimum absolute atomic E-state index is 0.458. The summed E-state index contributed by atoms with van der Waals surface area (Å²) in [5.74, 6) is 1.23. The third-order valence-electron chi connectivity index (χ3n) is 2.96. The van der Waals surface area contributed by atoms with Gasteiger partial charge in [0, 0.05) is 31.3 Å². The lowest BCUT2D eigenvalue weighted by Gasteiger charge is -2.01. The van der Waals surface area contributed by atoms with Crippen molar-refractivity contribution in [2.24, 2.45) is 0 Å². The molecule has 0 radical (unpaired) electrons. The molecule has 0 saturated carbocycles. The van der Waals surface area contributed by atoms with Crippen molar-refractivity contribution in [3.8, 4) is 11.9 Å². The molecule has 0 fully saturated rings. The van der Waals surface area contributed by atoms with Crippen LogP contribution in [-0.2, 0) is 11.2 Å². The second-order valence-corrected chi connectivity index (χ2v) is 5.30. The fraction of sp³-hybridized carbons (Fsp3) is 0.214. The van der Waals surface area contributed by atoms with Crippen molar-refractivity contribution >= 4 is 22.4 Å². The molecule has 116 valence electrons. The minimum atomic E-state index is 0.458. The second-order valence-electron chi connectivity index (χ2n) is 4.54. The molecular weight excluding hydrogens is 314 g/mol. The first-order valence-corrected chi connectivity index (χ1v) is 7.56. The van der Waals surface area contributed by atoms with Gasteiger partial charge in [0.15, 0.2) is 5.82 Å².